The number of likely N-dealkylation sites (N-methyl/N-ethyl adjacent to an activating group) is 1. The molecule has 0 unspecified atom stereocenters. The Balaban J connectivity index is 0. The quantitative estimate of drug-likeness (QED) is 0.209. The summed E-state index contributed by atoms with van der Waals surface area (Å²) < 4.78 is 73.5. The molecule has 0 atom stereocenters. The Morgan fingerprint density at radius 1 is 0.962 bits per heavy atom. The van der Waals surface area contributed by atoms with Gasteiger partial charge in [0.2, 0.25) is 0 Å². The van der Waals surface area contributed by atoms with E-state index in [0.717, 1.165) is 24.1 Å². The topological polar surface area (TPSA) is 97.7 Å². The number of hydrogen-bond donors (Lipinski definition) is 2. The average Bonchev–Trinajstić information content (AvgIpc) is 2.50. The van der Waals surface area contributed by atoms with E-state index in [0.29, 0.717) is 0 Å². The van der Waals surface area contributed by atoms with Crippen molar-refractivity contribution in [3.8, 4) is 0 Å². The van der Waals surface area contributed by atoms with Crippen molar-refractivity contribution in [1.82, 2.24) is 0 Å². The second kappa shape index (κ2) is 13.6. The summed E-state index contributed by atoms with van der Waals surface area (Å²) in [6, 6.07) is 0. The highest BCUT2D eigenvalue weighted by atomic mass is 32.2. The van der Waals surface area contributed by atoms with E-state index in [1.165, 1.54) is 38.5 Å². The van der Waals surface area contributed by atoms with Gasteiger partial charge in [0.1, 0.15) is 13.1 Å². The van der Waals surface area contributed by atoms with Crippen molar-refractivity contribution >= 4 is 10.1 Å². The van der Waals surface area contributed by atoms with Gasteiger partial charge in [-0.15, -0.1) is 0 Å². The Bertz CT molecular complexity index is 443. The Morgan fingerprint density at radius 2 is 1.38 bits per heavy atom. The van der Waals surface area contributed by atoms with Crippen molar-refractivity contribution in [2.45, 2.75) is 57.1 Å². The predicted molar refractivity (Wildman–Crippen MR) is 89.0 cm³/mol. The minimum Gasteiger partial charge on any atom is -0.743 e. The number of aliphatic hydroxyl groups is 2. The van der Waals surface area contributed by atoms with Gasteiger partial charge in [-0.05, 0) is 12.8 Å². The minimum atomic E-state index is -6.23. The van der Waals surface area contributed by atoms with Crippen LogP contribution in [0.2, 0.25) is 0 Å². The normalized spacial score (nSPS) is 12.8. The molecule has 0 radical (unpaired) electrons. The summed E-state index contributed by atoms with van der Waals surface area (Å²) in [5.41, 5.74) is 0. The Labute approximate surface area is 153 Å². The highest BCUT2D eigenvalue weighted by Crippen LogP contribution is 2.27. The molecule has 0 aliphatic carbocycles. The van der Waals surface area contributed by atoms with Crippen molar-refractivity contribution in [1.29, 1.82) is 0 Å². The fourth-order valence-corrected chi connectivity index (χ4v) is 2.42. The molecule has 0 aromatic rings. The summed E-state index contributed by atoms with van der Waals surface area (Å²) in [6.07, 6.45) is 3.33. The Hall–Kier alpha value is -0.490. The zero-order valence-corrected chi connectivity index (χ0v) is 16.2. The van der Waals surface area contributed by atoms with Gasteiger partial charge in [0.25, 0.3) is 0 Å². The number of aliphatic hydroxyl groups excluding tert-OH is 2. The summed E-state index contributed by atoms with van der Waals surface area (Å²) in [5.74, 6) is 0. The van der Waals surface area contributed by atoms with Gasteiger partial charge >= 0.3 is 11.7 Å². The van der Waals surface area contributed by atoms with Crippen LogP contribution in [-0.2, 0) is 10.1 Å². The summed E-state index contributed by atoms with van der Waals surface area (Å²) in [4.78, 5) is 0. The lowest BCUT2D eigenvalue weighted by Crippen LogP contribution is -2.48. The molecular weight excluding hydrogens is 382 g/mol. The number of halogens is 4. The van der Waals surface area contributed by atoms with Crippen LogP contribution < -0.4 is 0 Å². The van der Waals surface area contributed by atoms with Gasteiger partial charge < -0.3 is 19.2 Å². The first-order valence-electron chi connectivity index (χ1n) is 8.54. The molecule has 0 aliphatic rings. The van der Waals surface area contributed by atoms with Gasteiger partial charge in [-0.2, -0.15) is 8.78 Å². The van der Waals surface area contributed by atoms with Crippen molar-refractivity contribution < 1.29 is 45.2 Å². The first-order chi connectivity index (χ1) is 11.9. The van der Waals surface area contributed by atoms with Crippen molar-refractivity contribution in [3.05, 3.63) is 0 Å². The standard InChI is InChI=1S/C13H30NO2.C2H2F4O3S/c1-3-4-5-6-7-8-9-14(2,10-12-15)11-13-16;3-1(4)2(5,6)10(7,8)9/h15-16H,3-13H2,1-2H3;1H,(H,7,8,9)/q+1;/p-1. The first kappa shape index (κ1) is 27.7. The molecule has 0 aliphatic heterocycles. The smallest absolute Gasteiger partial charge is 0.393 e. The van der Waals surface area contributed by atoms with Gasteiger partial charge in [0.05, 0.1) is 26.8 Å². The maximum absolute atomic E-state index is 11.4. The molecule has 26 heavy (non-hydrogen) atoms. The molecule has 0 aromatic heterocycles. The van der Waals surface area contributed by atoms with Gasteiger partial charge in [0.15, 0.2) is 10.1 Å². The third-order valence-electron chi connectivity index (χ3n) is 3.92. The summed E-state index contributed by atoms with van der Waals surface area (Å²) in [5, 5.41) is 12.5. The van der Waals surface area contributed by atoms with Gasteiger partial charge in [-0.25, -0.2) is 17.2 Å². The van der Waals surface area contributed by atoms with Gasteiger partial charge in [0, 0.05) is 0 Å². The van der Waals surface area contributed by atoms with Crippen molar-refractivity contribution in [3.63, 3.8) is 0 Å². The van der Waals surface area contributed by atoms with Crippen LogP contribution in [0.1, 0.15) is 45.4 Å². The number of rotatable bonds is 13. The molecule has 0 saturated heterocycles. The Kier molecular flexibility index (Phi) is 14.6. The van der Waals surface area contributed by atoms with Crippen LogP contribution >= 0.6 is 0 Å². The molecule has 0 rings (SSSR count). The van der Waals surface area contributed by atoms with E-state index in [2.05, 4.69) is 14.0 Å². The van der Waals surface area contributed by atoms with Crippen LogP contribution in [0.4, 0.5) is 17.6 Å². The number of alkyl halides is 4. The molecule has 0 spiro atoms. The SMILES string of the molecule is CCCCCCCC[N+](C)(CCO)CCO.O=S(=O)([O-])C(F)(F)C(F)F. The molecule has 0 saturated carbocycles. The van der Waals surface area contributed by atoms with Crippen LogP contribution in [0.15, 0.2) is 0 Å². The third-order valence-corrected chi connectivity index (χ3v) is 4.76. The fourth-order valence-electron chi connectivity index (χ4n) is 2.20. The van der Waals surface area contributed by atoms with E-state index in [-0.39, 0.29) is 13.2 Å². The average molecular weight is 413 g/mol. The lowest BCUT2D eigenvalue weighted by atomic mass is 10.1. The van der Waals surface area contributed by atoms with E-state index in [9.17, 15) is 30.5 Å². The summed E-state index contributed by atoms with van der Waals surface area (Å²) in [7, 11) is -4.11. The molecule has 2 N–H and O–H groups in total. The fraction of sp³-hybridized carbons (Fsp3) is 1.00. The van der Waals surface area contributed by atoms with E-state index in [4.69, 9.17) is 10.2 Å². The molecule has 0 aromatic carbocycles. The van der Waals surface area contributed by atoms with Crippen LogP contribution in [0.5, 0.6) is 0 Å². The molecule has 11 heteroatoms. The predicted octanol–water partition coefficient (Wildman–Crippen LogP) is 2.17. The highest BCUT2D eigenvalue weighted by Gasteiger charge is 2.48. The van der Waals surface area contributed by atoms with Crippen LogP contribution in [0.25, 0.3) is 0 Å². The van der Waals surface area contributed by atoms with E-state index in [1.807, 2.05) is 0 Å². The monoisotopic (exact) mass is 413 g/mol. The van der Waals surface area contributed by atoms with Crippen molar-refractivity contribution in [2.75, 3.05) is 39.9 Å². The van der Waals surface area contributed by atoms with Crippen molar-refractivity contribution in [2.24, 2.45) is 0 Å². The van der Waals surface area contributed by atoms with E-state index >= 15 is 0 Å². The second-order valence-electron chi connectivity index (χ2n) is 6.32. The second-order valence-corrected chi connectivity index (χ2v) is 7.77. The first-order valence-corrected chi connectivity index (χ1v) is 9.95. The van der Waals surface area contributed by atoms with E-state index in [1.54, 1.807) is 0 Å². The number of quaternary nitrogens is 1. The van der Waals surface area contributed by atoms with Crippen LogP contribution in [0, 0.1) is 0 Å². The van der Waals surface area contributed by atoms with Gasteiger partial charge in [-0.3, -0.25) is 0 Å². The molecule has 0 amide bonds. The molecule has 0 fully saturated rings. The number of nitrogens with zero attached hydrogens (tertiary/aromatic N) is 1. The number of hydrogen-bond acceptors (Lipinski definition) is 5. The highest BCUT2D eigenvalue weighted by molar-refractivity contribution is 7.86. The van der Waals surface area contributed by atoms with Crippen LogP contribution in [-0.4, -0.2) is 79.2 Å². The molecule has 6 nitrogen and oxygen atoms in total. The lowest BCUT2D eigenvalue weighted by Gasteiger charge is -2.33. The molecule has 0 heterocycles. The Morgan fingerprint density at radius 3 is 1.69 bits per heavy atom. The largest absolute Gasteiger partial charge is 0.743 e. The van der Waals surface area contributed by atoms with E-state index < -0.39 is 21.8 Å². The molecule has 0 bridgehead atoms. The maximum Gasteiger partial charge on any atom is 0.393 e. The number of unbranched alkanes of at least 4 members (excludes halogenated alkanes) is 5. The van der Waals surface area contributed by atoms with Gasteiger partial charge in [-0.1, -0.05) is 32.6 Å². The summed E-state index contributed by atoms with van der Waals surface area (Å²) >= 11 is 0. The van der Waals surface area contributed by atoms with Crippen LogP contribution in [0.3, 0.4) is 0 Å². The molecular formula is C15H31F4NO5S. The lowest BCUT2D eigenvalue weighted by molar-refractivity contribution is -0.910. The zero-order valence-electron chi connectivity index (χ0n) is 15.3. The summed E-state index contributed by atoms with van der Waals surface area (Å²) in [6.45, 7) is 5.26. The maximum atomic E-state index is 11.4. The minimum absolute atomic E-state index is 0.215. The molecule has 160 valence electrons. The zero-order chi connectivity index (χ0) is 20.9. The third kappa shape index (κ3) is 12.0.